The minimum absolute atomic E-state index is 0.195. The van der Waals surface area contributed by atoms with E-state index in [0.717, 1.165) is 6.20 Å². The summed E-state index contributed by atoms with van der Waals surface area (Å²) in [5.74, 6) is -1.39. The van der Waals surface area contributed by atoms with Gasteiger partial charge in [0.15, 0.2) is 5.03 Å². The number of halogens is 1. The van der Waals surface area contributed by atoms with E-state index < -0.39 is 26.6 Å². The molecule has 0 unspecified atom stereocenters. The Balaban J connectivity index is 2.47. The zero-order valence-electron chi connectivity index (χ0n) is 10.2. The third-order valence-corrected chi connectivity index (χ3v) is 4.20. The van der Waals surface area contributed by atoms with Gasteiger partial charge in [-0.2, -0.15) is 13.5 Å². The van der Waals surface area contributed by atoms with Gasteiger partial charge in [-0.15, -0.1) is 0 Å². The fourth-order valence-electron chi connectivity index (χ4n) is 1.58. The van der Waals surface area contributed by atoms with Crippen molar-refractivity contribution in [2.24, 2.45) is 0 Å². The van der Waals surface area contributed by atoms with Gasteiger partial charge in [-0.1, -0.05) is 23.7 Å². The van der Waals surface area contributed by atoms with Crippen LogP contribution in [0.5, 0.6) is 0 Å². The number of anilines is 1. The Hall–Kier alpha value is -2.06. The van der Waals surface area contributed by atoms with Crippen LogP contribution in [0.4, 0.5) is 5.69 Å². The molecule has 0 aliphatic rings. The van der Waals surface area contributed by atoms with E-state index in [0.29, 0.717) is 5.56 Å². The standard InChI is InChI=1S/C11H10ClN3O4S/c1-6-3-2-4-8(12)9(6)15-20(18,19)10-7(11(16)17)5-13-14-10/h2-5,15H,1H3,(H,13,14)(H,16,17). The lowest BCUT2D eigenvalue weighted by molar-refractivity contribution is 0.0692. The molecule has 0 amide bonds. The summed E-state index contributed by atoms with van der Waals surface area (Å²) in [5, 5.41) is 14.2. The van der Waals surface area contributed by atoms with Crippen molar-refractivity contribution in [1.82, 2.24) is 10.2 Å². The SMILES string of the molecule is Cc1cccc(Cl)c1NS(=O)(=O)c1[nH]ncc1C(=O)O. The Bertz CT molecular complexity index is 749. The number of para-hydroxylation sites is 1. The molecule has 3 N–H and O–H groups in total. The molecular formula is C11H10ClN3O4S. The molecule has 106 valence electrons. The van der Waals surface area contributed by atoms with E-state index in [4.69, 9.17) is 16.7 Å². The summed E-state index contributed by atoms with van der Waals surface area (Å²) in [6.45, 7) is 1.68. The molecule has 9 heteroatoms. The Labute approximate surface area is 119 Å². The molecule has 2 rings (SSSR count). The van der Waals surface area contributed by atoms with Crippen LogP contribution in [0.2, 0.25) is 5.02 Å². The summed E-state index contributed by atoms with van der Waals surface area (Å²) in [4.78, 5) is 10.9. The van der Waals surface area contributed by atoms with Crippen LogP contribution in [-0.2, 0) is 10.0 Å². The first kappa shape index (κ1) is 14.4. The highest BCUT2D eigenvalue weighted by atomic mass is 35.5. The highest BCUT2D eigenvalue weighted by molar-refractivity contribution is 7.92. The molecule has 0 fully saturated rings. The summed E-state index contributed by atoms with van der Waals surface area (Å²) in [7, 11) is -4.12. The molecular weight excluding hydrogens is 306 g/mol. The first-order valence-electron chi connectivity index (χ1n) is 5.37. The summed E-state index contributed by atoms with van der Waals surface area (Å²) >= 11 is 5.93. The smallest absolute Gasteiger partial charge is 0.340 e. The van der Waals surface area contributed by atoms with Gasteiger partial charge in [0, 0.05) is 0 Å². The minimum atomic E-state index is -4.12. The molecule has 1 aromatic carbocycles. The van der Waals surface area contributed by atoms with E-state index in [-0.39, 0.29) is 10.7 Å². The van der Waals surface area contributed by atoms with Crippen LogP contribution in [0.25, 0.3) is 0 Å². The number of sulfonamides is 1. The highest BCUT2D eigenvalue weighted by Crippen LogP contribution is 2.28. The van der Waals surface area contributed by atoms with E-state index in [1.807, 2.05) is 0 Å². The lowest BCUT2D eigenvalue weighted by Gasteiger charge is -2.11. The molecule has 0 saturated heterocycles. The van der Waals surface area contributed by atoms with E-state index in [1.165, 1.54) is 6.07 Å². The molecule has 7 nitrogen and oxygen atoms in total. The zero-order chi connectivity index (χ0) is 14.9. The normalized spacial score (nSPS) is 11.3. The second kappa shape index (κ2) is 5.14. The number of H-pyrrole nitrogens is 1. The summed E-state index contributed by atoms with van der Waals surface area (Å²) in [5.41, 5.74) is 0.361. The van der Waals surface area contributed by atoms with Gasteiger partial charge in [0.25, 0.3) is 10.0 Å². The van der Waals surface area contributed by atoms with Crippen LogP contribution >= 0.6 is 11.6 Å². The van der Waals surface area contributed by atoms with Gasteiger partial charge in [0.05, 0.1) is 16.9 Å². The van der Waals surface area contributed by atoms with Crippen molar-refractivity contribution < 1.29 is 18.3 Å². The van der Waals surface area contributed by atoms with Crippen LogP contribution in [-0.4, -0.2) is 29.7 Å². The molecule has 0 radical (unpaired) electrons. The van der Waals surface area contributed by atoms with Gasteiger partial charge in [-0.25, -0.2) is 4.79 Å². The molecule has 0 spiro atoms. The molecule has 0 aliphatic heterocycles. The minimum Gasteiger partial charge on any atom is -0.478 e. The second-order valence-electron chi connectivity index (χ2n) is 3.96. The average Bonchev–Trinajstić information content (AvgIpc) is 2.84. The largest absolute Gasteiger partial charge is 0.478 e. The van der Waals surface area contributed by atoms with E-state index in [9.17, 15) is 13.2 Å². The van der Waals surface area contributed by atoms with Crippen molar-refractivity contribution >= 4 is 33.3 Å². The molecule has 20 heavy (non-hydrogen) atoms. The van der Waals surface area contributed by atoms with Crippen molar-refractivity contribution in [3.63, 3.8) is 0 Å². The van der Waals surface area contributed by atoms with Gasteiger partial charge in [-0.3, -0.25) is 9.82 Å². The monoisotopic (exact) mass is 315 g/mol. The lowest BCUT2D eigenvalue weighted by atomic mass is 10.2. The predicted molar refractivity (Wildman–Crippen MR) is 72.5 cm³/mol. The molecule has 0 saturated carbocycles. The van der Waals surface area contributed by atoms with Gasteiger partial charge in [-0.05, 0) is 18.6 Å². The van der Waals surface area contributed by atoms with Crippen LogP contribution < -0.4 is 4.72 Å². The van der Waals surface area contributed by atoms with Crippen molar-refractivity contribution in [3.05, 3.63) is 40.5 Å². The quantitative estimate of drug-likeness (QED) is 0.797. The fourth-order valence-corrected chi connectivity index (χ4v) is 3.15. The van der Waals surface area contributed by atoms with Gasteiger partial charge in [0.1, 0.15) is 5.56 Å². The number of carboxylic acids is 1. The third kappa shape index (κ3) is 2.61. The third-order valence-electron chi connectivity index (χ3n) is 2.56. The maximum atomic E-state index is 12.2. The number of aromatic amines is 1. The maximum absolute atomic E-state index is 12.2. The second-order valence-corrected chi connectivity index (χ2v) is 5.98. The van der Waals surface area contributed by atoms with E-state index in [2.05, 4.69) is 14.9 Å². The first-order valence-corrected chi connectivity index (χ1v) is 7.23. The number of aromatic nitrogens is 2. The number of benzene rings is 1. The van der Waals surface area contributed by atoms with Crippen LogP contribution in [0.3, 0.4) is 0 Å². The fraction of sp³-hybridized carbons (Fsp3) is 0.0909. The van der Waals surface area contributed by atoms with Crippen molar-refractivity contribution in [3.8, 4) is 0 Å². The molecule has 2 aromatic rings. The predicted octanol–water partition coefficient (Wildman–Crippen LogP) is 1.87. The Kier molecular flexibility index (Phi) is 3.69. The topological polar surface area (TPSA) is 112 Å². The number of aryl methyl sites for hydroxylation is 1. The van der Waals surface area contributed by atoms with E-state index in [1.54, 1.807) is 19.1 Å². The highest BCUT2D eigenvalue weighted by Gasteiger charge is 2.25. The number of hydrogen-bond donors (Lipinski definition) is 3. The Morgan fingerprint density at radius 3 is 2.75 bits per heavy atom. The van der Waals surface area contributed by atoms with Crippen LogP contribution in [0.1, 0.15) is 15.9 Å². The van der Waals surface area contributed by atoms with E-state index >= 15 is 0 Å². The number of nitrogens with zero attached hydrogens (tertiary/aromatic N) is 1. The van der Waals surface area contributed by atoms with Crippen molar-refractivity contribution in [1.29, 1.82) is 0 Å². The summed E-state index contributed by atoms with van der Waals surface area (Å²) in [6.07, 6.45) is 0.927. The van der Waals surface area contributed by atoms with Gasteiger partial charge < -0.3 is 5.11 Å². The Morgan fingerprint density at radius 2 is 2.15 bits per heavy atom. The molecule has 1 aromatic heterocycles. The Morgan fingerprint density at radius 1 is 1.45 bits per heavy atom. The number of nitrogens with one attached hydrogen (secondary N) is 2. The first-order chi connectivity index (χ1) is 9.33. The molecule has 0 bridgehead atoms. The molecule has 0 aliphatic carbocycles. The summed E-state index contributed by atoms with van der Waals surface area (Å²) in [6, 6.07) is 4.88. The average molecular weight is 316 g/mol. The van der Waals surface area contributed by atoms with Crippen molar-refractivity contribution in [2.75, 3.05) is 4.72 Å². The lowest BCUT2D eigenvalue weighted by Crippen LogP contribution is -2.17. The van der Waals surface area contributed by atoms with Crippen LogP contribution in [0, 0.1) is 6.92 Å². The number of hydrogen-bond acceptors (Lipinski definition) is 4. The number of carbonyl (C=O) groups is 1. The van der Waals surface area contributed by atoms with Gasteiger partial charge in [0.2, 0.25) is 0 Å². The van der Waals surface area contributed by atoms with Gasteiger partial charge >= 0.3 is 5.97 Å². The molecule has 1 heterocycles. The van der Waals surface area contributed by atoms with Crippen LogP contribution in [0.15, 0.2) is 29.4 Å². The number of rotatable bonds is 4. The summed E-state index contributed by atoms with van der Waals surface area (Å²) < 4.78 is 26.6. The zero-order valence-corrected chi connectivity index (χ0v) is 11.8. The number of carboxylic acid groups (broad SMARTS) is 1. The number of aromatic carboxylic acids is 1. The molecule has 0 atom stereocenters. The van der Waals surface area contributed by atoms with Crippen molar-refractivity contribution in [2.45, 2.75) is 11.9 Å². The maximum Gasteiger partial charge on any atom is 0.340 e.